The van der Waals surface area contributed by atoms with Crippen molar-refractivity contribution in [2.45, 2.75) is 63.3 Å². The number of hydrogen-bond acceptors (Lipinski definition) is 5. The third-order valence-electron chi connectivity index (χ3n) is 3.12. The van der Waals surface area contributed by atoms with Crippen LogP contribution in [0, 0.1) is 0 Å². The molecule has 0 aromatic rings. The van der Waals surface area contributed by atoms with Crippen LogP contribution >= 0.6 is 12.6 Å². The molecule has 4 nitrogen and oxygen atoms in total. The van der Waals surface area contributed by atoms with Crippen molar-refractivity contribution in [2.24, 2.45) is 0 Å². The first kappa shape index (κ1) is 17.2. The van der Waals surface area contributed by atoms with Crippen LogP contribution in [0.1, 0.15) is 39.5 Å². The third-order valence-corrected chi connectivity index (χ3v) is 3.54. The molecule has 0 amide bonds. The van der Waals surface area contributed by atoms with E-state index in [-0.39, 0.29) is 0 Å². The fourth-order valence-corrected chi connectivity index (χ4v) is 2.35. The Hall–Kier alpha value is 0.120. The molecule has 1 saturated heterocycles. The topological polar surface area (TPSA) is 36.9 Å². The summed E-state index contributed by atoms with van der Waals surface area (Å²) in [6, 6.07) is 0. The van der Waals surface area contributed by atoms with E-state index in [1.807, 2.05) is 0 Å². The maximum atomic E-state index is 12.7. The Labute approximate surface area is 120 Å². The lowest BCUT2D eigenvalue weighted by molar-refractivity contribution is -0.221. The smallest absolute Gasteiger partial charge is 0.156 e. The number of thiol groups is 1. The SMILES string of the molecule is CCCCOCC1OC(S)C(OCCCC)C1OF. The van der Waals surface area contributed by atoms with Gasteiger partial charge in [-0.2, -0.15) is 4.94 Å². The van der Waals surface area contributed by atoms with E-state index in [1.54, 1.807) is 0 Å². The van der Waals surface area contributed by atoms with Crippen molar-refractivity contribution in [2.75, 3.05) is 19.8 Å². The van der Waals surface area contributed by atoms with Gasteiger partial charge in [-0.25, -0.2) is 0 Å². The van der Waals surface area contributed by atoms with Crippen LogP contribution in [0.4, 0.5) is 4.53 Å². The average Bonchev–Trinajstić information content (AvgIpc) is 2.71. The maximum Gasteiger partial charge on any atom is 0.156 e. The normalized spacial score (nSPS) is 30.9. The summed E-state index contributed by atoms with van der Waals surface area (Å²) >= 11 is 4.28. The van der Waals surface area contributed by atoms with Crippen molar-refractivity contribution in [3.05, 3.63) is 0 Å². The summed E-state index contributed by atoms with van der Waals surface area (Å²) in [6.45, 7) is 5.67. The third kappa shape index (κ3) is 5.55. The van der Waals surface area contributed by atoms with Crippen molar-refractivity contribution in [1.29, 1.82) is 0 Å². The lowest BCUT2D eigenvalue weighted by Crippen LogP contribution is -2.37. The maximum absolute atomic E-state index is 12.7. The molecule has 0 bridgehead atoms. The molecule has 1 heterocycles. The summed E-state index contributed by atoms with van der Waals surface area (Å²) in [4.78, 5) is 4.02. The molecule has 0 aromatic carbocycles. The highest BCUT2D eigenvalue weighted by atomic mass is 32.1. The Kier molecular flexibility index (Phi) is 8.98. The van der Waals surface area contributed by atoms with E-state index in [2.05, 4.69) is 31.4 Å². The number of unbranched alkanes of at least 4 members (excludes halogenated alkanes) is 2. The summed E-state index contributed by atoms with van der Waals surface area (Å²) < 4.78 is 29.3. The zero-order valence-electron chi connectivity index (χ0n) is 11.7. The van der Waals surface area contributed by atoms with Crippen LogP contribution in [-0.2, 0) is 19.2 Å². The van der Waals surface area contributed by atoms with Crippen molar-refractivity contribution >= 4 is 12.6 Å². The van der Waals surface area contributed by atoms with Crippen molar-refractivity contribution in [3.8, 4) is 0 Å². The van der Waals surface area contributed by atoms with Gasteiger partial charge in [0.2, 0.25) is 0 Å². The van der Waals surface area contributed by atoms with Crippen LogP contribution in [0.25, 0.3) is 0 Å². The Morgan fingerprint density at radius 2 is 1.79 bits per heavy atom. The quantitative estimate of drug-likeness (QED) is 0.497. The van der Waals surface area contributed by atoms with Gasteiger partial charge in [0.05, 0.1) is 6.61 Å². The summed E-state index contributed by atoms with van der Waals surface area (Å²) in [6.07, 6.45) is 2.28. The van der Waals surface area contributed by atoms with E-state index < -0.39 is 23.7 Å². The van der Waals surface area contributed by atoms with Crippen LogP contribution in [0.5, 0.6) is 0 Å². The molecule has 0 radical (unpaired) electrons. The minimum atomic E-state index is -0.763. The predicted molar refractivity (Wildman–Crippen MR) is 74.0 cm³/mol. The predicted octanol–water partition coefficient (Wildman–Crippen LogP) is 2.91. The van der Waals surface area contributed by atoms with Gasteiger partial charge < -0.3 is 14.2 Å². The average molecular weight is 296 g/mol. The Bertz CT molecular complexity index is 233. The van der Waals surface area contributed by atoms with E-state index in [0.717, 1.165) is 25.7 Å². The highest BCUT2D eigenvalue weighted by Crippen LogP contribution is 2.29. The first-order valence-corrected chi connectivity index (χ1v) is 7.56. The molecule has 1 aliphatic heterocycles. The van der Waals surface area contributed by atoms with Crippen LogP contribution < -0.4 is 0 Å². The zero-order chi connectivity index (χ0) is 14.1. The molecular weight excluding hydrogens is 271 g/mol. The van der Waals surface area contributed by atoms with Gasteiger partial charge in [-0.1, -0.05) is 26.7 Å². The first-order valence-electron chi connectivity index (χ1n) is 7.04. The first-order chi connectivity index (χ1) is 9.24. The minimum absolute atomic E-state index is 0.305. The van der Waals surface area contributed by atoms with Crippen molar-refractivity contribution in [1.82, 2.24) is 0 Å². The summed E-state index contributed by atoms with van der Waals surface area (Å²) in [5.74, 6) is 0. The standard InChI is InChI=1S/C13H25FO4S/c1-3-5-7-15-9-10-11(18-14)12(13(19)17-10)16-8-6-4-2/h10-13,19H,3-9H2,1-2H3. The Morgan fingerprint density at radius 1 is 1.11 bits per heavy atom. The molecule has 1 rings (SSSR count). The highest BCUT2D eigenvalue weighted by Gasteiger charge is 2.45. The lowest BCUT2D eigenvalue weighted by Gasteiger charge is -2.19. The molecule has 0 aliphatic carbocycles. The molecule has 4 unspecified atom stereocenters. The number of rotatable bonds is 10. The van der Waals surface area contributed by atoms with Crippen LogP contribution in [0.3, 0.4) is 0 Å². The molecular formula is C13H25FO4S. The molecule has 1 aliphatic rings. The van der Waals surface area contributed by atoms with E-state index in [1.165, 1.54) is 0 Å². The monoisotopic (exact) mass is 296 g/mol. The van der Waals surface area contributed by atoms with Gasteiger partial charge in [-0.15, -0.1) is 12.6 Å². The van der Waals surface area contributed by atoms with Crippen LogP contribution in [0.15, 0.2) is 0 Å². The molecule has 114 valence electrons. The summed E-state index contributed by atoms with van der Waals surface area (Å²) in [5.41, 5.74) is -0.475. The number of ether oxygens (including phenoxy) is 3. The number of hydrogen-bond donors (Lipinski definition) is 1. The van der Waals surface area contributed by atoms with Crippen molar-refractivity contribution in [3.63, 3.8) is 0 Å². The van der Waals surface area contributed by atoms with Gasteiger partial charge >= 0.3 is 0 Å². The molecule has 0 spiro atoms. The van der Waals surface area contributed by atoms with Crippen LogP contribution in [0.2, 0.25) is 0 Å². The van der Waals surface area contributed by atoms with Crippen LogP contribution in [-0.4, -0.2) is 43.6 Å². The molecule has 0 aromatic heterocycles. The summed E-state index contributed by atoms with van der Waals surface area (Å²) in [5, 5.41) is 0. The zero-order valence-corrected chi connectivity index (χ0v) is 12.6. The van der Waals surface area contributed by atoms with E-state index in [4.69, 9.17) is 14.2 Å². The molecule has 0 saturated carbocycles. The molecule has 0 N–H and O–H groups in total. The molecule has 19 heavy (non-hydrogen) atoms. The second-order valence-corrected chi connectivity index (χ2v) is 5.25. The Morgan fingerprint density at radius 3 is 2.42 bits per heavy atom. The highest BCUT2D eigenvalue weighted by molar-refractivity contribution is 7.80. The minimum Gasteiger partial charge on any atom is -0.379 e. The van der Waals surface area contributed by atoms with Crippen molar-refractivity contribution < 1.29 is 23.7 Å². The van der Waals surface area contributed by atoms with E-state index in [0.29, 0.717) is 19.8 Å². The van der Waals surface area contributed by atoms with Gasteiger partial charge in [0.25, 0.3) is 0 Å². The van der Waals surface area contributed by atoms with Gasteiger partial charge in [-0.3, -0.25) is 0 Å². The fraction of sp³-hybridized carbons (Fsp3) is 1.00. The van der Waals surface area contributed by atoms with Gasteiger partial charge in [-0.05, 0) is 17.4 Å². The van der Waals surface area contributed by atoms with Gasteiger partial charge in [0.15, 0.2) is 6.10 Å². The second kappa shape index (κ2) is 9.94. The molecule has 1 fully saturated rings. The Balaban J connectivity index is 2.37. The van der Waals surface area contributed by atoms with Gasteiger partial charge in [0.1, 0.15) is 17.6 Å². The number of halogens is 1. The summed E-state index contributed by atoms with van der Waals surface area (Å²) in [7, 11) is 0. The van der Waals surface area contributed by atoms with E-state index in [9.17, 15) is 4.53 Å². The van der Waals surface area contributed by atoms with E-state index >= 15 is 0 Å². The largest absolute Gasteiger partial charge is 0.379 e. The second-order valence-electron chi connectivity index (χ2n) is 4.74. The fourth-order valence-electron chi connectivity index (χ4n) is 1.94. The molecule has 4 atom stereocenters. The van der Waals surface area contributed by atoms with Gasteiger partial charge in [0, 0.05) is 13.2 Å². The molecule has 6 heteroatoms. The lowest BCUT2D eigenvalue weighted by atomic mass is 10.1.